The molecule has 0 bridgehead atoms. The van der Waals surface area contributed by atoms with Crippen molar-refractivity contribution in [1.82, 2.24) is 0 Å². The van der Waals surface area contributed by atoms with Crippen LogP contribution in [0, 0.1) is 11.8 Å². The van der Waals surface area contributed by atoms with Crippen molar-refractivity contribution in [2.24, 2.45) is 11.8 Å². The highest BCUT2D eigenvalue weighted by Crippen LogP contribution is 2.35. The van der Waals surface area contributed by atoms with Crippen LogP contribution in [-0.4, -0.2) is 17.4 Å². The number of hydrogen-bond donors (Lipinski definition) is 0. The van der Waals surface area contributed by atoms with Gasteiger partial charge in [-0.1, -0.05) is 13.8 Å². The Hall–Kier alpha value is -1.12. The maximum Gasteiger partial charge on any atom is 0.303 e. The lowest BCUT2D eigenvalue weighted by atomic mass is 9.82. The number of ketones is 1. The maximum absolute atomic E-state index is 11.5. The smallest absolute Gasteiger partial charge is 0.303 e. The summed E-state index contributed by atoms with van der Waals surface area (Å²) in [5, 5.41) is 0. The van der Waals surface area contributed by atoms with E-state index in [2.05, 4.69) is 0 Å². The van der Waals surface area contributed by atoms with Crippen molar-refractivity contribution < 1.29 is 14.3 Å². The standard InChI is InChI=1S/C11H16O3/c1-7(2)10-9(13)5-6-11(10,4)14-8(3)12/h5-7,10H,1-4H3. The van der Waals surface area contributed by atoms with E-state index in [1.54, 1.807) is 13.0 Å². The summed E-state index contributed by atoms with van der Waals surface area (Å²) in [6.07, 6.45) is 3.19. The predicted molar refractivity (Wildman–Crippen MR) is 52.6 cm³/mol. The summed E-state index contributed by atoms with van der Waals surface area (Å²) in [6.45, 7) is 7.05. The molecule has 3 nitrogen and oxygen atoms in total. The first-order chi connectivity index (χ1) is 6.37. The quantitative estimate of drug-likeness (QED) is 0.631. The Morgan fingerprint density at radius 3 is 2.57 bits per heavy atom. The van der Waals surface area contributed by atoms with Crippen LogP contribution in [0.4, 0.5) is 0 Å². The van der Waals surface area contributed by atoms with Crippen molar-refractivity contribution >= 4 is 11.8 Å². The molecule has 78 valence electrons. The molecule has 0 N–H and O–H groups in total. The molecule has 0 aliphatic heterocycles. The third-order valence-corrected chi connectivity index (χ3v) is 2.53. The Morgan fingerprint density at radius 2 is 2.14 bits per heavy atom. The van der Waals surface area contributed by atoms with Gasteiger partial charge in [-0.3, -0.25) is 9.59 Å². The molecule has 2 atom stereocenters. The molecule has 0 saturated heterocycles. The fourth-order valence-corrected chi connectivity index (χ4v) is 2.14. The molecule has 0 aromatic rings. The lowest BCUT2D eigenvalue weighted by molar-refractivity contribution is -0.157. The second-order valence-electron chi connectivity index (χ2n) is 4.23. The number of carbonyl (C=O) groups is 2. The summed E-state index contributed by atoms with van der Waals surface area (Å²) < 4.78 is 5.20. The lowest BCUT2D eigenvalue weighted by Gasteiger charge is -2.31. The number of rotatable bonds is 2. The normalized spacial score (nSPS) is 31.2. The summed E-state index contributed by atoms with van der Waals surface area (Å²) in [6, 6.07) is 0. The van der Waals surface area contributed by atoms with Gasteiger partial charge in [-0.2, -0.15) is 0 Å². The van der Waals surface area contributed by atoms with E-state index in [9.17, 15) is 9.59 Å². The molecular formula is C11H16O3. The second-order valence-corrected chi connectivity index (χ2v) is 4.23. The first-order valence-electron chi connectivity index (χ1n) is 4.79. The topological polar surface area (TPSA) is 43.4 Å². The van der Waals surface area contributed by atoms with Gasteiger partial charge in [0.15, 0.2) is 5.78 Å². The van der Waals surface area contributed by atoms with E-state index in [4.69, 9.17) is 4.74 Å². The highest BCUT2D eigenvalue weighted by atomic mass is 16.6. The lowest BCUT2D eigenvalue weighted by Crippen LogP contribution is -2.40. The van der Waals surface area contributed by atoms with Crippen molar-refractivity contribution in [3.05, 3.63) is 12.2 Å². The van der Waals surface area contributed by atoms with Gasteiger partial charge in [0, 0.05) is 6.92 Å². The molecule has 3 heteroatoms. The van der Waals surface area contributed by atoms with Gasteiger partial charge in [0.1, 0.15) is 5.60 Å². The van der Waals surface area contributed by atoms with Crippen LogP contribution in [0.1, 0.15) is 27.7 Å². The van der Waals surface area contributed by atoms with Crippen molar-refractivity contribution in [3.63, 3.8) is 0 Å². The Balaban J connectivity index is 2.92. The van der Waals surface area contributed by atoms with Gasteiger partial charge in [-0.05, 0) is 25.0 Å². The third-order valence-electron chi connectivity index (χ3n) is 2.53. The second kappa shape index (κ2) is 3.56. The molecule has 1 rings (SSSR count). The monoisotopic (exact) mass is 196 g/mol. The van der Waals surface area contributed by atoms with E-state index < -0.39 is 5.60 Å². The summed E-state index contributed by atoms with van der Waals surface area (Å²) in [5.41, 5.74) is -0.753. The average Bonchev–Trinajstić information content (AvgIpc) is 2.24. The summed E-state index contributed by atoms with van der Waals surface area (Å²) >= 11 is 0. The highest BCUT2D eigenvalue weighted by Gasteiger charge is 2.44. The van der Waals surface area contributed by atoms with Gasteiger partial charge >= 0.3 is 5.97 Å². The molecule has 1 aliphatic rings. The van der Waals surface area contributed by atoms with Crippen LogP contribution < -0.4 is 0 Å². The molecule has 14 heavy (non-hydrogen) atoms. The van der Waals surface area contributed by atoms with E-state index in [0.29, 0.717) is 0 Å². The summed E-state index contributed by atoms with van der Waals surface area (Å²) in [4.78, 5) is 22.4. The van der Waals surface area contributed by atoms with Crippen LogP contribution in [0.2, 0.25) is 0 Å². The van der Waals surface area contributed by atoms with Crippen LogP contribution in [0.25, 0.3) is 0 Å². The Morgan fingerprint density at radius 1 is 1.57 bits per heavy atom. The molecule has 0 spiro atoms. The maximum atomic E-state index is 11.5. The largest absolute Gasteiger partial charge is 0.454 e. The molecule has 0 aromatic heterocycles. The summed E-state index contributed by atoms with van der Waals surface area (Å²) in [7, 11) is 0. The predicted octanol–water partition coefficient (Wildman–Crippen LogP) is 1.72. The molecule has 1 aliphatic carbocycles. The average molecular weight is 196 g/mol. The van der Waals surface area contributed by atoms with Crippen LogP contribution in [0.15, 0.2) is 12.2 Å². The number of esters is 1. The molecule has 2 unspecified atom stereocenters. The molecule has 0 fully saturated rings. The Labute approximate surface area is 84.1 Å². The number of allylic oxidation sites excluding steroid dienone is 1. The third kappa shape index (κ3) is 1.86. The van der Waals surface area contributed by atoms with E-state index in [1.165, 1.54) is 13.0 Å². The number of carbonyl (C=O) groups excluding carboxylic acids is 2. The van der Waals surface area contributed by atoms with Crippen LogP contribution in [0.3, 0.4) is 0 Å². The minimum Gasteiger partial charge on any atom is -0.454 e. The fraction of sp³-hybridized carbons (Fsp3) is 0.636. The van der Waals surface area contributed by atoms with E-state index in [0.717, 1.165) is 0 Å². The van der Waals surface area contributed by atoms with E-state index in [1.807, 2.05) is 13.8 Å². The molecule has 0 saturated carbocycles. The molecule has 0 amide bonds. The van der Waals surface area contributed by atoms with Gasteiger partial charge in [0.05, 0.1) is 5.92 Å². The SMILES string of the molecule is CC(=O)OC1(C)C=CC(=O)C1C(C)C. The molecule has 0 radical (unpaired) electrons. The van der Waals surface area contributed by atoms with Crippen LogP contribution in [0.5, 0.6) is 0 Å². The summed E-state index contributed by atoms with van der Waals surface area (Å²) in [5.74, 6) is -0.380. The minimum absolute atomic E-state index is 0.0451. The Bertz CT molecular complexity index is 291. The zero-order chi connectivity index (χ0) is 10.9. The van der Waals surface area contributed by atoms with Gasteiger partial charge in [-0.25, -0.2) is 0 Å². The van der Waals surface area contributed by atoms with Crippen molar-refractivity contribution in [3.8, 4) is 0 Å². The van der Waals surface area contributed by atoms with E-state index in [-0.39, 0.29) is 23.6 Å². The van der Waals surface area contributed by atoms with Crippen LogP contribution >= 0.6 is 0 Å². The zero-order valence-corrected chi connectivity index (χ0v) is 9.03. The molecule has 0 aromatic carbocycles. The zero-order valence-electron chi connectivity index (χ0n) is 9.03. The first kappa shape index (κ1) is 11.0. The van der Waals surface area contributed by atoms with Gasteiger partial charge in [-0.15, -0.1) is 0 Å². The van der Waals surface area contributed by atoms with Gasteiger partial charge in [0.25, 0.3) is 0 Å². The minimum atomic E-state index is -0.753. The number of ether oxygens (including phenoxy) is 1. The highest BCUT2D eigenvalue weighted by molar-refractivity contribution is 5.96. The Kier molecular flexibility index (Phi) is 2.79. The van der Waals surface area contributed by atoms with Gasteiger partial charge in [0.2, 0.25) is 0 Å². The first-order valence-corrected chi connectivity index (χ1v) is 4.79. The fourth-order valence-electron chi connectivity index (χ4n) is 2.14. The number of hydrogen-bond acceptors (Lipinski definition) is 3. The molecule has 0 heterocycles. The van der Waals surface area contributed by atoms with Crippen molar-refractivity contribution in [1.29, 1.82) is 0 Å². The van der Waals surface area contributed by atoms with E-state index >= 15 is 0 Å². The van der Waals surface area contributed by atoms with Gasteiger partial charge < -0.3 is 4.74 Å². The molecular weight excluding hydrogens is 180 g/mol. The van der Waals surface area contributed by atoms with Crippen LogP contribution in [-0.2, 0) is 14.3 Å². The van der Waals surface area contributed by atoms with Crippen molar-refractivity contribution in [2.75, 3.05) is 0 Å². The van der Waals surface area contributed by atoms with Crippen molar-refractivity contribution in [2.45, 2.75) is 33.3 Å².